The lowest BCUT2D eigenvalue weighted by atomic mass is 10.1. The van der Waals surface area contributed by atoms with Crippen LogP contribution in [0, 0.1) is 0 Å². The highest BCUT2D eigenvalue weighted by atomic mass is 15.2. The Morgan fingerprint density at radius 3 is 2.81 bits per heavy atom. The summed E-state index contributed by atoms with van der Waals surface area (Å²) in [5, 5.41) is 12.2. The van der Waals surface area contributed by atoms with Crippen molar-refractivity contribution < 1.29 is 0 Å². The summed E-state index contributed by atoms with van der Waals surface area (Å²) in [6, 6.07) is 4.02. The summed E-state index contributed by atoms with van der Waals surface area (Å²) in [4.78, 5) is 7.44. The summed E-state index contributed by atoms with van der Waals surface area (Å²) < 4.78 is 0. The maximum absolute atomic E-state index is 4.47. The van der Waals surface area contributed by atoms with E-state index in [9.17, 15) is 0 Å². The molecule has 0 bridgehead atoms. The summed E-state index contributed by atoms with van der Waals surface area (Å²) in [6.07, 6.45) is 8.02. The number of pyridine rings is 1. The monoisotopic (exact) mass is 283 g/mol. The van der Waals surface area contributed by atoms with Crippen LogP contribution >= 0.6 is 0 Å². The van der Waals surface area contributed by atoms with Crippen LogP contribution in [0.3, 0.4) is 0 Å². The molecule has 0 amide bonds. The number of aromatic amines is 2. The summed E-state index contributed by atoms with van der Waals surface area (Å²) in [5.74, 6) is 0.939. The number of nitrogens with zero attached hydrogens (tertiary/aromatic N) is 2. The molecule has 3 rings (SSSR count). The molecule has 3 N–H and O–H groups in total. The Balaban J connectivity index is 1.95. The van der Waals surface area contributed by atoms with Crippen molar-refractivity contribution in [3.05, 3.63) is 35.8 Å². The summed E-state index contributed by atoms with van der Waals surface area (Å²) in [6.45, 7) is 4.39. The molecule has 0 fully saturated rings. The molecule has 0 aliphatic heterocycles. The third kappa shape index (κ3) is 2.63. The first kappa shape index (κ1) is 13.7. The molecule has 0 saturated carbocycles. The molecule has 110 valence electrons. The molecule has 0 radical (unpaired) electrons. The van der Waals surface area contributed by atoms with E-state index in [1.807, 2.05) is 18.3 Å². The third-order valence-electron chi connectivity index (χ3n) is 3.67. The van der Waals surface area contributed by atoms with Crippen LogP contribution in [0.5, 0.6) is 0 Å². The van der Waals surface area contributed by atoms with Gasteiger partial charge >= 0.3 is 0 Å². The SMILES string of the molecule is CCCc1[nH]nc(Nc2ccnc3[nH]ccc23)c1CCC. The molecular weight excluding hydrogens is 262 g/mol. The van der Waals surface area contributed by atoms with Crippen molar-refractivity contribution in [2.45, 2.75) is 39.5 Å². The summed E-state index contributed by atoms with van der Waals surface area (Å²) in [7, 11) is 0. The highest BCUT2D eigenvalue weighted by Gasteiger charge is 2.13. The Hall–Kier alpha value is -2.30. The Kier molecular flexibility index (Phi) is 3.90. The van der Waals surface area contributed by atoms with E-state index in [4.69, 9.17) is 0 Å². The van der Waals surface area contributed by atoms with Crippen molar-refractivity contribution in [1.82, 2.24) is 20.2 Å². The van der Waals surface area contributed by atoms with Gasteiger partial charge in [-0.3, -0.25) is 5.10 Å². The highest BCUT2D eigenvalue weighted by Crippen LogP contribution is 2.27. The van der Waals surface area contributed by atoms with Gasteiger partial charge in [0.1, 0.15) is 5.65 Å². The van der Waals surface area contributed by atoms with Gasteiger partial charge < -0.3 is 10.3 Å². The number of anilines is 2. The smallest absolute Gasteiger partial charge is 0.155 e. The Morgan fingerprint density at radius 2 is 2.00 bits per heavy atom. The molecule has 3 aromatic rings. The Morgan fingerprint density at radius 1 is 1.14 bits per heavy atom. The van der Waals surface area contributed by atoms with Gasteiger partial charge in [0.25, 0.3) is 0 Å². The molecule has 0 saturated heterocycles. The average Bonchev–Trinajstić information content (AvgIpc) is 3.10. The molecule has 0 aromatic carbocycles. The van der Waals surface area contributed by atoms with Gasteiger partial charge in [-0.1, -0.05) is 26.7 Å². The van der Waals surface area contributed by atoms with Crippen LogP contribution in [0.2, 0.25) is 0 Å². The van der Waals surface area contributed by atoms with E-state index in [1.54, 1.807) is 6.20 Å². The Bertz CT molecular complexity index is 725. The quantitative estimate of drug-likeness (QED) is 0.642. The van der Waals surface area contributed by atoms with Crippen molar-refractivity contribution in [2.24, 2.45) is 0 Å². The second kappa shape index (κ2) is 5.99. The molecule has 5 heteroatoms. The standard InChI is InChI=1S/C16H21N5/c1-3-5-11-14(6-4-2)20-21-16(11)19-13-8-10-18-15-12(13)7-9-17-15/h7-10H,3-6H2,1-2H3,(H3,17,18,19,20,21). The van der Waals surface area contributed by atoms with Crippen molar-refractivity contribution in [2.75, 3.05) is 5.32 Å². The molecule has 3 aromatic heterocycles. The number of H-pyrrole nitrogens is 2. The molecule has 21 heavy (non-hydrogen) atoms. The average molecular weight is 283 g/mol. The second-order valence-electron chi connectivity index (χ2n) is 5.25. The zero-order chi connectivity index (χ0) is 14.7. The van der Waals surface area contributed by atoms with Crippen molar-refractivity contribution in [3.8, 4) is 0 Å². The molecule has 3 heterocycles. The van der Waals surface area contributed by atoms with Gasteiger partial charge in [0, 0.05) is 29.0 Å². The number of hydrogen-bond donors (Lipinski definition) is 3. The minimum atomic E-state index is 0.890. The molecule has 0 aliphatic rings. The summed E-state index contributed by atoms with van der Waals surface area (Å²) in [5.41, 5.74) is 4.48. The fraction of sp³-hybridized carbons (Fsp3) is 0.375. The lowest BCUT2D eigenvalue weighted by Gasteiger charge is -2.08. The lowest BCUT2D eigenvalue weighted by Crippen LogP contribution is -1.97. The number of rotatable bonds is 6. The molecule has 0 atom stereocenters. The van der Waals surface area contributed by atoms with Crippen LogP contribution in [0.15, 0.2) is 24.5 Å². The molecule has 0 aliphatic carbocycles. The maximum Gasteiger partial charge on any atom is 0.155 e. The van der Waals surface area contributed by atoms with Gasteiger partial charge in [-0.25, -0.2) is 4.98 Å². The lowest BCUT2D eigenvalue weighted by molar-refractivity contribution is 0.836. The van der Waals surface area contributed by atoms with Crippen molar-refractivity contribution in [1.29, 1.82) is 0 Å². The maximum atomic E-state index is 4.47. The van der Waals surface area contributed by atoms with Crippen molar-refractivity contribution in [3.63, 3.8) is 0 Å². The molecule has 0 spiro atoms. The zero-order valence-electron chi connectivity index (χ0n) is 12.5. The Labute approximate surface area is 124 Å². The highest BCUT2D eigenvalue weighted by molar-refractivity contribution is 5.91. The van der Waals surface area contributed by atoms with Crippen LogP contribution in [-0.2, 0) is 12.8 Å². The van der Waals surface area contributed by atoms with Gasteiger partial charge in [-0.15, -0.1) is 0 Å². The first-order valence-corrected chi connectivity index (χ1v) is 7.58. The van der Waals surface area contributed by atoms with E-state index >= 15 is 0 Å². The van der Waals surface area contributed by atoms with E-state index in [-0.39, 0.29) is 0 Å². The van der Waals surface area contributed by atoms with Gasteiger partial charge in [-0.05, 0) is 25.0 Å². The van der Waals surface area contributed by atoms with Gasteiger partial charge in [0.2, 0.25) is 0 Å². The van der Waals surface area contributed by atoms with Crippen LogP contribution in [0.4, 0.5) is 11.5 Å². The van der Waals surface area contributed by atoms with Gasteiger partial charge in [0.15, 0.2) is 5.82 Å². The minimum Gasteiger partial charge on any atom is -0.346 e. The number of aryl methyl sites for hydroxylation is 1. The number of hydrogen-bond acceptors (Lipinski definition) is 3. The van der Waals surface area contributed by atoms with E-state index in [1.165, 1.54) is 11.3 Å². The fourth-order valence-electron chi connectivity index (χ4n) is 2.68. The summed E-state index contributed by atoms with van der Waals surface area (Å²) >= 11 is 0. The molecule has 5 nitrogen and oxygen atoms in total. The number of nitrogens with one attached hydrogen (secondary N) is 3. The predicted molar refractivity (Wildman–Crippen MR) is 86.0 cm³/mol. The first-order chi connectivity index (χ1) is 10.3. The topological polar surface area (TPSA) is 69.4 Å². The second-order valence-corrected chi connectivity index (χ2v) is 5.25. The zero-order valence-corrected chi connectivity index (χ0v) is 12.5. The van der Waals surface area contributed by atoms with Crippen LogP contribution in [0.25, 0.3) is 11.0 Å². The third-order valence-corrected chi connectivity index (χ3v) is 3.67. The van der Waals surface area contributed by atoms with Crippen LogP contribution in [0.1, 0.15) is 37.9 Å². The largest absolute Gasteiger partial charge is 0.346 e. The van der Waals surface area contributed by atoms with Crippen LogP contribution in [-0.4, -0.2) is 20.2 Å². The van der Waals surface area contributed by atoms with E-state index in [0.29, 0.717) is 0 Å². The van der Waals surface area contributed by atoms with E-state index in [0.717, 1.165) is 48.2 Å². The molecule has 0 unspecified atom stereocenters. The molecular formula is C16H21N5. The normalized spacial score (nSPS) is 11.1. The minimum absolute atomic E-state index is 0.890. The van der Waals surface area contributed by atoms with Crippen LogP contribution < -0.4 is 5.32 Å². The van der Waals surface area contributed by atoms with E-state index < -0.39 is 0 Å². The van der Waals surface area contributed by atoms with E-state index in [2.05, 4.69) is 39.3 Å². The first-order valence-electron chi connectivity index (χ1n) is 7.58. The van der Waals surface area contributed by atoms with Gasteiger partial charge in [-0.2, -0.15) is 5.10 Å². The number of aromatic nitrogens is 4. The fourth-order valence-corrected chi connectivity index (χ4v) is 2.68. The predicted octanol–water partition coefficient (Wildman–Crippen LogP) is 3.93. The van der Waals surface area contributed by atoms with Gasteiger partial charge in [0.05, 0.1) is 5.69 Å². The van der Waals surface area contributed by atoms with Crippen molar-refractivity contribution >= 4 is 22.5 Å². The number of fused-ring (bicyclic) bond motifs is 1.